The number of rotatable bonds is 5. The fourth-order valence-corrected chi connectivity index (χ4v) is 5.20. The van der Waals surface area contributed by atoms with Gasteiger partial charge in [-0.1, -0.05) is 48.8 Å². The molecule has 3 fully saturated rings. The zero-order chi connectivity index (χ0) is 17.3. The van der Waals surface area contributed by atoms with Crippen LogP contribution in [0.15, 0.2) is 15.1 Å². The van der Waals surface area contributed by atoms with Crippen LogP contribution in [0, 0.1) is 11.8 Å². The van der Waals surface area contributed by atoms with Gasteiger partial charge in [0, 0.05) is 17.9 Å². The van der Waals surface area contributed by atoms with E-state index in [0.29, 0.717) is 29.5 Å². The van der Waals surface area contributed by atoms with Crippen LogP contribution >= 0.6 is 0 Å². The molecule has 0 spiro atoms. The van der Waals surface area contributed by atoms with Crippen molar-refractivity contribution in [3.63, 3.8) is 0 Å². The van der Waals surface area contributed by atoms with Gasteiger partial charge in [0.05, 0.1) is 0 Å². The molecule has 0 aliphatic heterocycles. The van der Waals surface area contributed by atoms with E-state index in [4.69, 9.17) is 14.0 Å². The smallest absolute Gasteiger partial charge is 0.230 e. The lowest BCUT2D eigenvalue weighted by atomic mass is 9.69. The fraction of sp³-hybridized carbons (Fsp3) is 0.762. The summed E-state index contributed by atoms with van der Waals surface area (Å²) < 4.78 is 11.3. The summed E-state index contributed by atoms with van der Waals surface area (Å²) in [6, 6.07) is 2.00. The van der Waals surface area contributed by atoms with Crippen LogP contribution in [0.25, 0.3) is 11.5 Å². The predicted octanol–water partition coefficient (Wildman–Crippen LogP) is 5.85. The van der Waals surface area contributed by atoms with Gasteiger partial charge < -0.3 is 9.05 Å². The van der Waals surface area contributed by atoms with Crippen molar-refractivity contribution in [3.05, 3.63) is 17.7 Å². The molecule has 0 bridgehead atoms. The molecule has 0 saturated heterocycles. The summed E-state index contributed by atoms with van der Waals surface area (Å²) in [6.07, 6.45) is 15.8. The van der Waals surface area contributed by atoms with Crippen molar-refractivity contribution in [2.75, 3.05) is 0 Å². The maximum atomic E-state index is 5.83. The van der Waals surface area contributed by atoms with E-state index in [1.54, 1.807) is 0 Å². The lowest BCUT2D eigenvalue weighted by molar-refractivity contribution is 0.168. The first-order valence-electron chi connectivity index (χ1n) is 10.7. The Hall–Kier alpha value is -1.65. The first-order chi connectivity index (χ1) is 12.9. The molecule has 5 nitrogen and oxygen atoms in total. The molecule has 3 aliphatic carbocycles. The quantitative estimate of drug-likeness (QED) is 0.673. The summed E-state index contributed by atoms with van der Waals surface area (Å²) in [5.41, 5.74) is 0.730. The van der Waals surface area contributed by atoms with E-state index in [-0.39, 0.29) is 0 Å². The van der Waals surface area contributed by atoms with Crippen molar-refractivity contribution in [1.82, 2.24) is 15.3 Å². The SMILES string of the molecule is c1c(-c2noc(C(C3CCCCC3)C3CCCCC3)n2)noc1C1CC1. The van der Waals surface area contributed by atoms with E-state index >= 15 is 0 Å². The van der Waals surface area contributed by atoms with Gasteiger partial charge in [0.25, 0.3) is 0 Å². The normalized spacial score (nSPS) is 23.0. The standard InChI is InChI=1S/C21H29N3O2/c1-3-7-15(8-4-1)19(16-9-5-2-6-10-16)21-22-20(24-26-21)17-13-18(25-23-17)14-11-12-14/h13-16,19H,1-12H2. The highest BCUT2D eigenvalue weighted by Gasteiger charge is 2.37. The number of hydrogen-bond acceptors (Lipinski definition) is 5. The van der Waals surface area contributed by atoms with Crippen LogP contribution in [0.3, 0.4) is 0 Å². The Morgan fingerprint density at radius 2 is 1.42 bits per heavy atom. The number of hydrogen-bond donors (Lipinski definition) is 0. The summed E-state index contributed by atoms with van der Waals surface area (Å²) in [7, 11) is 0. The summed E-state index contributed by atoms with van der Waals surface area (Å²) in [5, 5.41) is 8.47. The fourth-order valence-electron chi connectivity index (χ4n) is 5.20. The first kappa shape index (κ1) is 16.5. The largest absolute Gasteiger partial charge is 0.360 e. The molecule has 3 aliphatic rings. The zero-order valence-electron chi connectivity index (χ0n) is 15.5. The van der Waals surface area contributed by atoms with Gasteiger partial charge in [0.2, 0.25) is 11.7 Å². The molecule has 26 heavy (non-hydrogen) atoms. The van der Waals surface area contributed by atoms with Crippen molar-refractivity contribution in [1.29, 1.82) is 0 Å². The molecule has 0 N–H and O–H groups in total. The second-order valence-corrected chi connectivity index (χ2v) is 8.67. The molecule has 3 saturated carbocycles. The molecule has 2 aromatic heterocycles. The highest BCUT2D eigenvalue weighted by atomic mass is 16.5. The van der Waals surface area contributed by atoms with Gasteiger partial charge in [0.1, 0.15) is 5.76 Å². The topological polar surface area (TPSA) is 65.0 Å². The Labute approximate surface area is 154 Å². The number of nitrogens with zero attached hydrogens (tertiary/aromatic N) is 3. The minimum absolute atomic E-state index is 0.437. The van der Waals surface area contributed by atoms with Crippen LogP contribution in [0.1, 0.15) is 101 Å². The molecule has 2 heterocycles. The van der Waals surface area contributed by atoms with Gasteiger partial charge in [-0.15, -0.1) is 0 Å². The van der Waals surface area contributed by atoms with E-state index < -0.39 is 0 Å². The molecular formula is C21H29N3O2. The number of aromatic nitrogens is 3. The maximum absolute atomic E-state index is 5.83. The van der Waals surface area contributed by atoms with Gasteiger partial charge in [-0.3, -0.25) is 0 Å². The van der Waals surface area contributed by atoms with Gasteiger partial charge in [-0.2, -0.15) is 4.98 Å². The zero-order valence-corrected chi connectivity index (χ0v) is 15.5. The Morgan fingerprint density at radius 1 is 0.769 bits per heavy atom. The van der Waals surface area contributed by atoms with Crippen molar-refractivity contribution in [3.8, 4) is 11.5 Å². The third kappa shape index (κ3) is 3.33. The van der Waals surface area contributed by atoms with Crippen LogP contribution < -0.4 is 0 Å². The van der Waals surface area contributed by atoms with Gasteiger partial charge >= 0.3 is 0 Å². The average Bonchev–Trinajstić information content (AvgIpc) is 3.23. The van der Waals surface area contributed by atoms with Gasteiger partial charge in [-0.05, 0) is 50.4 Å². The van der Waals surface area contributed by atoms with Crippen LogP contribution in [0.5, 0.6) is 0 Å². The lowest BCUT2D eigenvalue weighted by Gasteiger charge is -2.35. The Kier molecular flexibility index (Phi) is 4.55. The minimum Gasteiger partial charge on any atom is -0.360 e. The Bertz CT molecular complexity index is 703. The molecule has 0 aromatic carbocycles. The summed E-state index contributed by atoms with van der Waals surface area (Å²) in [4.78, 5) is 4.82. The van der Waals surface area contributed by atoms with Crippen molar-refractivity contribution >= 4 is 0 Å². The summed E-state index contributed by atoms with van der Waals surface area (Å²) in [6.45, 7) is 0. The maximum Gasteiger partial charge on any atom is 0.230 e. The highest BCUT2D eigenvalue weighted by molar-refractivity contribution is 5.48. The van der Waals surface area contributed by atoms with Gasteiger partial charge in [-0.25, -0.2) is 0 Å². The second-order valence-electron chi connectivity index (χ2n) is 8.67. The second kappa shape index (κ2) is 7.16. The van der Waals surface area contributed by atoms with Crippen LogP contribution in [0.2, 0.25) is 0 Å². The van der Waals surface area contributed by atoms with Crippen molar-refractivity contribution in [2.45, 2.75) is 88.9 Å². The molecular weight excluding hydrogens is 326 g/mol. The van der Waals surface area contributed by atoms with E-state index in [9.17, 15) is 0 Å². The minimum atomic E-state index is 0.437. The molecule has 0 amide bonds. The molecule has 0 atom stereocenters. The lowest BCUT2D eigenvalue weighted by Crippen LogP contribution is -2.25. The molecule has 5 rings (SSSR count). The van der Waals surface area contributed by atoms with Crippen molar-refractivity contribution in [2.24, 2.45) is 11.8 Å². The van der Waals surface area contributed by atoms with E-state index in [1.165, 1.54) is 77.0 Å². The van der Waals surface area contributed by atoms with Crippen molar-refractivity contribution < 1.29 is 9.05 Å². The van der Waals surface area contributed by atoms with Crippen LogP contribution in [-0.2, 0) is 0 Å². The van der Waals surface area contributed by atoms with Crippen LogP contribution in [-0.4, -0.2) is 15.3 Å². The average molecular weight is 355 g/mol. The Balaban J connectivity index is 1.40. The van der Waals surface area contributed by atoms with E-state index in [2.05, 4.69) is 10.3 Å². The Morgan fingerprint density at radius 3 is 2.04 bits per heavy atom. The third-order valence-electron chi connectivity index (χ3n) is 6.78. The first-order valence-corrected chi connectivity index (χ1v) is 10.7. The van der Waals surface area contributed by atoms with Gasteiger partial charge in [0.15, 0.2) is 5.69 Å². The molecule has 2 aromatic rings. The summed E-state index contributed by atoms with van der Waals surface area (Å²) >= 11 is 0. The molecule has 140 valence electrons. The molecule has 0 radical (unpaired) electrons. The highest BCUT2D eigenvalue weighted by Crippen LogP contribution is 2.45. The molecule has 5 heteroatoms. The van der Waals surface area contributed by atoms with E-state index in [1.807, 2.05) is 6.07 Å². The molecule has 0 unspecified atom stereocenters. The third-order valence-corrected chi connectivity index (χ3v) is 6.78. The predicted molar refractivity (Wildman–Crippen MR) is 97.7 cm³/mol. The van der Waals surface area contributed by atoms with Crippen LogP contribution in [0.4, 0.5) is 0 Å². The monoisotopic (exact) mass is 355 g/mol. The summed E-state index contributed by atoms with van der Waals surface area (Å²) in [5.74, 6) is 4.84. The van der Waals surface area contributed by atoms with E-state index in [0.717, 1.165) is 17.3 Å².